The topological polar surface area (TPSA) is 75.4 Å². The molecule has 4 nitrogen and oxygen atoms in total. The highest BCUT2D eigenvalue weighted by Crippen LogP contribution is 2.26. The molecule has 19 heavy (non-hydrogen) atoms. The number of rotatable bonds is 2. The van der Waals surface area contributed by atoms with Crippen molar-refractivity contribution in [1.82, 2.24) is 0 Å². The monoisotopic (exact) mass is 320 g/mol. The van der Waals surface area contributed by atoms with Crippen molar-refractivity contribution in [3.8, 4) is 5.75 Å². The lowest BCUT2D eigenvalue weighted by atomic mass is 10.1. The zero-order chi connectivity index (χ0) is 14.0. The zero-order valence-corrected chi connectivity index (χ0v) is 11.9. The van der Waals surface area contributed by atoms with E-state index >= 15 is 0 Å². The van der Waals surface area contributed by atoms with Gasteiger partial charge in [0.25, 0.3) is 5.91 Å². The number of phenols is 1. The van der Waals surface area contributed by atoms with Gasteiger partial charge in [0, 0.05) is 10.2 Å². The quantitative estimate of drug-likeness (QED) is 0.743. The molecule has 2 aromatic rings. The molecule has 0 unspecified atom stereocenters. The highest BCUT2D eigenvalue weighted by Gasteiger charge is 2.12. The number of nitrogen functional groups attached to an aromatic ring is 1. The minimum atomic E-state index is -0.372. The van der Waals surface area contributed by atoms with E-state index in [1.54, 1.807) is 36.4 Å². The minimum absolute atomic E-state index is 0.0379. The van der Waals surface area contributed by atoms with Gasteiger partial charge in [-0.1, -0.05) is 6.07 Å². The molecule has 0 radical (unpaired) electrons. The lowest BCUT2D eigenvalue weighted by Gasteiger charge is -2.09. The van der Waals surface area contributed by atoms with Crippen molar-refractivity contribution < 1.29 is 9.90 Å². The molecular weight excluding hydrogens is 308 g/mol. The standard InChI is InChI=1S/C14H13BrN2O2/c1-8-2-4-10(13(18)6-8)14(19)17-12-5-3-9(16)7-11(12)15/h2-7,18H,16H2,1H3,(H,17,19). The first-order valence-electron chi connectivity index (χ1n) is 5.63. The van der Waals surface area contributed by atoms with E-state index in [4.69, 9.17) is 5.73 Å². The summed E-state index contributed by atoms with van der Waals surface area (Å²) in [5.41, 5.74) is 7.95. The summed E-state index contributed by atoms with van der Waals surface area (Å²) in [6.45, 7) is 1.85. The summed E-state index contributed by atoms with van der Waals surface area (Å²) in [7, 11) is 0. The highest BCUT2D eigenvalue weighted by atomic mass is 79.9. The molecule has 0 atom stereocenters. The van der Waals surface area contributed by atoms with Crippen molar-refractivity contribution >= 4 is 33.2 Å². The number of hydrogen-bond acceptors (Lipinski definition) is 3. The predicted octanol–water partition coefficient (Wildman–Crippen LogP) is 3.30. The van der Waals surface area contributed by atoms with Gasteiger partial charge in [-0.25, -0.2) is 0 Å². The van der Waals surface area contributed by atoms with Crippen molar-refractivity contribution in [2.24, 2.45) is 0 Å². The smallest absolute Gasteiger partial charge is 0.259 e. The Balaban J connectivity index is 2.25. The first-order valence-corrected chi connectivity index (χ1v) is 6.42. The average Bonchev–Trinajstić information content (AvgIpc) is 2.32. The Morgan fingerprint density at radius 2 is 2.00 bits per heavy atom. The van der Waals surface area contributed by atoms with Crippen LogP contribution in [0.3, 0.4) is 0 Å². The fraction of sp³-hybridized carbons (Fsp3) is 0.0714. The number of nitrogens with two attached hydrogens (primary N) is 1. The maximum Gasteiger partial charge on any atom is 0.259 e. The van der Waals surface area contributed by atoms with Crippen molar-refractivity contribution in [2.75, 3.05) is 11.1 Å². The number of carbonyl (C=O) groups excluding carboxylic acids is 1. The summed E-state index contributed by atoms with van der Waals surface area (Å²) in [6.07, 6.45) is 0. The lowest BCUT2D eigenvalue weighted by molar-refractivity contribution is 0.102. The number of anilines is 2. The third kappa shape index (κ3) is 3.06. The maximum absolute atomic E-state index is 12.1. The molecule has 0 aliphatic carbocycles. The molecule has 0 aliphatic rings. The first kappa shape index (κ1) is 13.4. The van der Waals surface area contributed by atoms with E-state index in [1.807, 2.05) is 6.92 Å². The lowest BCUT2D eigenvalue weighted by Crippen LogP contribution is -2.12. The molecule has 0 aliphatic heterocycles. The number of carbonyl (C=O) groups is 1. The Morgan fingerprint density at radius 1 is 1.26 bits per heavy atom. The summed E-state index contributed by atoms with van der Waals surface area (Å²) in [5, 5.41) is 12.5. The molecule has 0 heterocycles. The van der Waals surface area contributed by atoms with Crippen molar-refractivity contribution in [2.45, 2.75) is 6.92 Å². The largest absolute Gasteiger partial charge is 0.507 e. The van der Waals surface area contributed by atoms with E-state index in [1.165, 1.54) is 0 Å². The fourth-order valence-electron chi connectivity index (χ4n) is 1.66. The van der Waals surface area contributed by atoms with Gasteiger partial charge in [-0.05, 0) is 58.7 Å². The minimum Gasteiger partial charge on any atom is -0.507 e. The van der Waals surface area contributed by atoms with Crippen molar-refractivity contribution in [3.05, 3.63) is 52.0 Å². The number of halogens is 1. The van der Waals surface area contributed by atoms with Crippen molar-refractivity contribution in [1.29, 1.82) is 0 Å². The van der Waals surface area contributed by atoms with Gasteiger partial charge in [-0.15, -0.1) is 0 Å². The molecule has 1 amide bonds. The Kier molecular flexibility index (Phi) is 3.76. The van der Waals surface area contributed by atoms with Gasteiger partial charge in [0.05, 0.1) is 11.3 Å². The van der Waals surface area contributed by atoms with Crippen LogP contribution in [0.25, 0.3) is 0 Å². The van der Waals surface area contributed by atoms with Gasteiger partial charge in [-0.3, -0.25) is 4.79 Å². The number of amides is 1. The summed E-state index contributed by atoms with van der Waals surface area (Å²) in [4.78, 5) is 12.1. The Bertz CT molecular complexity index is 641. The highest BCUT2D eigenvalue weighted by molar-refractivity contribution is 9.10. The van der Waals surface area contributed by atoms with E-state index < -0.39 is 0 Å². The average molecular weight is 321 g/mol. The van der Waals surface area contributed by atoms with E-state index in [0.717, 1.165) is 5.56 Å². The summed E-state index contributed by atoms with van der Waals surface area (Å²) in [6, 6.07) is 9.99. The number of aryl methyl sites for hydroxylation is 1. The van der Waals surface area contributed by atoms with E-state index in [2.05, 4.69) is 21.2 Å². The number of hydrogen-bond donors (Lipinski definition) is 3. The van der Waals surface area contributed by atoms with Crippen LogP contribution in [0.2, 0.25) is 0 Å². The van der Waals surface area contributed by atoms with Gasteiger partial charge in [0.2, 0.25) is 0 Å². The molecule has 0 bridgehead atoms. The second-order valence-electron chi connectivity index (χ2n) is 4.21. The van der Waals surface area contributed by atoms with Gasteiger partial charge in [0.1, 0.15) is 5.75 Å². The van der Waals surface area contributed by atoms with Gasteiger partial charge in [0.15, 0.2) is 0 Å². The fourth-order valence-corrected chi connectivity index (χ4v) is 2.15. The summed E-state index contributed by atoms with van der Waals surface area (Å²) >= 11 is 3.32. The van der Waals surface area contributed by atoms with Gasteiger partial charge >= 0.3 is 0 Å². The van der Waals surface area contributed by atoms with Crippen LogP contribution in [0, 0.1) is 6.92 Å². The Labute approximate surface area is 119 Å². The molecule has 0 fully saturated rings. The van der Waals surface area contributed by atoms with Crippen molar-refractivity contribution in [3.63, 3.8) is 0 Å². The Morgan fingerprint density at radius 3 is 2.63 bits per heavy atom. The Hall–Kier alpha value is -2.01. The molecule has 0 saturated carbocycles. The van der Waals surface area contributed by atoms with Gasteiger partial charge in [-0.2, -0.15) is 0 Å². The number of nitrogens with one attached hydrogen (secondary N) is 1. The van der Waals surface area contributed by atoms with Crippen LogP contribution >= 0.6 is 15.9 Å². The van der Waals surface area contributed by atoms with Crippen LogP contribution in [0.5, 0.6) is 5.75 Å². The van der Waals surface area contributed by atoms with Crippen LogP contribution < -0.4 is 11.1 Å². The molecular formula is C14H13BrN2O2. The second-order valence-corrected chi connectivity index (χ2v) is 5.07. The van der Waals surface area contributed by atoms with E-state index in [-0.39, 0.29) is 17.2 Å². The predicted molar refractivity (Wildman–Crippen MR) is 79.4 cm³/mol. The molecule has 0 saturated heterocycles. The second kappa shape index (κ2) is 5.32. The van der Waals surface area contributed by atoms with Crippen LogP contribution in [0.4, 0.5) is 11.4 Å². The third-order valence-corrected chi connectivity index (χ3v) is 3.30. The zero-order valence-electron chi connectivity index (χ0n) is 10.3. The number of aromatic hydroxyl groups is 1. The molecule has 5 heteroatoms. The first-order chi connectivity index (χ1) is 8.97. The summed E-state index contributed by atoms with van der Waals surface area (Å²) in [5.74, 6) is -0.410. The van der Waals surface area contributed by atoms with Crippen LogP contribution in [0.15, 0.2) is 40.9 Å². The van der Waals surface area contributed by atoms with Crippen LogP contribution in [-0.4, -0.2) is 11.0 Å². The molecule has 2 aromatic carbocycles. The SMILES string of the molecule is Cc1ccc(C(=O)Nc2ccc(N)cc2Br)c(O)c1. The number of benzene rings is 2. The van der Waals surface area contributed by atoms with E-state index in [0.29, 0.717) is 15.8 Å². The molecule has 0 spiro atoms. The van der Waals surface area contributed by atoms with Crippen LogP contribution in [-0.2, 0) is 0 Å². The molecule has 0 aromatic heterocycles. The normalized spacial score (nSPS) is 10.2. The van der Waals surface area contributed by atoms with Crippen LogP contribution in [0.1, 0.15) is 15.9 Å². The molecule has 2 rings (SSSR count). The number of phenolic OH excluding ortho intramolecular Hbond substituents is 1. The van der Waals surface area contributed by atoms with Gasteiger partial charge < -0.3 is 16.2 Å². The third-order valence-electron chi connectivity index (χ3n) is 2.64. The molecule has 4 N–H and O–H groups in total. The summed E-state index contributed by atoms with van der Waals surface area (Å²) < 4.78 is 0.687. The van der Waals surface area contributed by atoms with E-state index in [9.17, 15) is 9.90 Å². The maximum atomic E-state index is 12.1. The molecule has 98 valence electrons.